The highest BCUT2D eigenvalue weighted by Crippen LogP contribution is 2.32. The number of thiazole rings is 1. The van der Waals surface area contributed by atoms with Crippen molar-refractivity contribution in [2.24, 2.45) is 0 Å². The number of benzene rings is 2. The molecule has 0 spiro atoms. The number of anilines is 1. The van der Waals surface area contributed by atoms with Crippen LogP contribution in [0.5, 0.6) is 0 Å². The average molecular weight is 353 g/mol. The molecule has 5 nitrogen and oxygen atoms in total. The highest BCUT2D eigenvalue weighted by molar-refractivity contribution is 7.17. The maximum Gasteiger partial charge on any atom is 0.358 e. The van der Waals surface area contributed by atoms with Gasteiger partial charge in [-0.25, -0.2) is 9.78 Å². The van der Waals surface area contributed by atoms with E-state index in [0.29, 0.717) is 21.1 Å². The number of aromatic nitrogens is 1. The van der Waals surface area contributed by atoms with Crippen LogP contribution in [-0.4, -0.2) is 23.8 Å². The van der Waals surface area contributed by atoms with Crippen LogP contribution in [0.25, 0.3) is 10.4 Å². The number of aryl methyl sites for hydroxylation is 1. The van der Waals surface area contributed by atoms with E-state index in [1.165, 1.54) is 18.4 Å². The van der Waals surface area contributed by atoms with Gasteiger partial charge in [0.05, 0.1) is 17.7 Å². The number of para-hydroxylation sites is 1. The third-order valence-electron chi connectivity index (χ3n) is 3.85. The summed E-state index contributed by atoms with van der Waals surface area (Å²) in [6.07, 6.45) is 0. The smallest absolute Gasteiger partial charge is 0.358 e. The Bertz CT molecular complexity index is 955. The van der Waals surface area contributed by atoms with E-state index in [1.807, 2.05) is 49.4 Å². The molecule has 0 atom stereocenters. The van der Waals surface area contributed by atoms with E-state index in [4.69, 9.17) is 15.9 Å². The van der Waals surface area contributed by atoms with Gasteiger partial charge in [0.15, 0.2) is 5.69 Å². The molecular weight excluding hydrogens is 334 g/mol. The van der Waals surface area contributed by atoms with Crippen molar-refractivity contribution in [3.63, 3.8) is 0 Å². The number of esters is 1. The molecule has 0 saturated carbocycles. The minimum Gasteiger partial charge on any atom is -0.464 e. The predicted molar refractivity (Wildman–Crippen MR) is 103 cm³/mol. The Labute approximate surface area is 151 Å². The molecule has 6 heteroatoms. The van der Waals surface area contributed by atoms with Crippen molar-refractivity contribution in [1.82, 2.24) is 4.98 Å². The van der Waals surface area contributed by atoms with Crippen molar-refractivity contribution >= 4 is 28.7 Å². The van der Waals surface area contributed by atoms with Gasteiger partial charge in [0.25, 0.3) is 0 Å². The normalized spacial score (nSPS) is 10.5. The van der Waals surface area contributed by atoms with Gasteiger partial charge in [-0.3, -0.25) is 5.41 Å². The number of rotatable bonds is 4. The first kappa shape index (κ1) is 16.9. The molecule has 2 aromatic carbocycles. The molecule has 0 aliphatic heterocycles. The summed E-state index contributed by atoms with van der Waals surface area (Å²) in [7, 11) is 1.32. The molecule has 0 saturated heterocycles. The lowest BCUT2D eigenvalue weighted by Gasteiger charge is -2.07. The molecule has 0 aliphatic carbocycles. The third kappa shape index (κ3) is 3.16. The maximum atomic E-state index is 12.1. The number of nitrogen functional groups attached to an aromatic ring is 1. The average Bonchev–Trinajstić information content (AvgIpc) is 3.09. The summed E-state index contributed by atoms with van der Waals surface area (Å²) < 4.78 is 4.85. The van der Waals surface area contributed by atoms with E-state index < -0.39 is 5.97 Å². The lowest BCUT2D eigenvalue weighted by atomic mass is 10.0. The molecule has 1 heterocycles. The van der Waals surface area contributed by atoms with E-state index in [0.717, 1.165) is 11.1 Å². The van der Waals surface area contributed by atoms with E-state index in [2.05, 4.69) is 4.98 Å². The molecule has 0 aliphatic rings. The number of carbonyl (C=O) groups excluding carboxylic acids is 1. The third-order valence-corrected chi connectivity index (χ3v) is 4.97. The van der Waals surface area contributed by atoms with Crippen LogP contribution < -0.4 is 5.73 Å². The molecular formula is C19H19N3O2S. The lowest BCUT2D eigenvalue weighted by molar-refractivity contribution is 0.0596. The van der Waals surface area contributed by atoms with Crippen molar-refractivity contribution in [3.8, 4) is 10.4 Å². The monoisotopic (exact) mass is 353 g/mol. The second-order valence-electron chi connectivity index (χ2n) is 5.47. The van der Waals surface area contributed by atoms with Gasteiger partial charge in [0, 0.05) is 12.7 Å². The van der Waals surface area contributed by atoms with Crippen LogP contribution in [0.3, 0.4) is 0 Å². The lowest BCUT2D eigenvalue weighted by Crippen LogP contribution is -2.08. The fourth-order valence-corrected chi connectivity index (χ4v) is 3.48. The summed E-state index contributed by atoms with van der Waals surface area (Å²) in [6.45, 7) is 1.89. The molecule has 0 amide bonds. The van der Waals surface area contributed by atoms with Crippen LogP contribution in [0.15, 0.2) is 48.5 Å². The van der Waals surface area contributed by atoms with Crippen molar-refractivity contribution < 1.29 is 11.0 Å². The van der Waals surface area contributed by atoms with Crippen LogP contribution in [0.2, 0.25) is 0 Å². The van der Waals surface area contributed by atoms with Gasteiger partial charge in [-0.2, -0.15) is 0 Å². The maximum absolute atomic E-state index is 12.1. The SMILES string of the molecule is COC(=O)c1nc(C(=N)c2cccc(C)c2N)sc1-c1ccccc1.[HH]. The zero-order valence-electron chi connectivity index (χ0n) is 13.9. The zero-order valence-corrected chi connectivity index (χ0v) is 14.7. The van der Waals surface area contributed by atoms with Gasteiger partial charge in [0.2, 0.25) is 0 Å². The second kappa shape index (κ2) is 6.86. The van der Waals surface area contributed by atoms with Crippen LogP contribution in [0.1, 0.15) is 28.0 Å². The van der Waals surface area contributed by atoms with E-state index in [1.54, 1.807) is 6.07 Å². The Kier molecular flexibility index (Phi) is 4.63. The fraction of sp³-hybridized carbons (Fsp3) is 0.105. The summed E-state index contributed by atoms with van der Waals surface area (Å²) in [5.41, 5.74) is 9.42. The molecule has 3 rings (SSSR count). The number of hydrogen-bond acceptors (Lipinski definition) is 6. The van der Waals surface area contributed by atoms with Gasteiger partial charge >= 0.3 is 5.97 Å². The summed E-state index contributed by atoms with van der Waals surface area (Å²) in [6, 6.07) is 15.0. The van der Waals surface area contributed by atoms with E-state index in [-0.39, 0.29) is 12.8 Å². The molecule has 0 unspecified atom stereocenters. The number of hydrogen-bond donors (Lipinski definition) is 2. The van der Waals surface area contributed by atoms with Crippen molar-refractivity contribution in [2.75, 3.05) is 12.8 Å². The van der Waals surface area contributed by atoms with Crippen LogP contribution >= 0.6 is 11.3 Å². The van der Waals surface area contributed by atoms with Crippen molar-refractivity contribution in [3.05, 3.63) is 70.4 Å². The molecule has 0 fully saturated rings. The quantitative estimate of drug-likeness (QED) is 0.419. The number of nitrogens with two attached hydrogens (primary N) is 1. The second-order valence-corrected chi connectivity index (χ2v) is 6.46. The van der Waals surface area contributed by atoms with Crippen LogP contribution in [0, 0.1) is 12.3 Å². The number of ether oxygens (including phenoxy) is 1. The fourth-order valence-electron chi connectivity index (χ4n) is 2.46. The predicted octanol–water partition coefficient (Wildman–Crippen LogP) is 4.15. The summed E-state index contributed by atoms with van der Waals surface area (Å²) in [5, 5.41) is 8.92. The highest BCUT2D eigenvalue weighted by atomic mass is 32.1. The van der Waals surface area contributed by atoms with Crippen LogP contribution in [-0.2, 0) is 4.74 Å². The van der Waals surface area contributed by atoms with Crippen molar-refractivity contribution in [1.29, 1.82) is 5.41 Å². The minimum atomic E-state index is -0.522. The van der Waals surface area contributed by atoms with E-state index in [9.17, 15) is 4.79 Å². The standard InChI is InChI=1S/C19H17N3O2S.H2/c1-11-7-6-10-13(14(11)20)15(21)18-22-16(19(23)24-2)17(25-18)12-8-4-3-5-9-12;/h3-10,21H,20H2,1-2H3;1H. The first-order valence-corrected chi connectivity index (χ1v) is 8.43. The zero-order chi connectivity index (χ0) is 18.0. The molecule has 128 valence electrons. The van der Waals surface area contributed by atoms with Gasteiger partial charge in [-0.1, -0.05) is 48.5 Å². The largest absolute Gasteiger partial charge is 0.464 e. The Morgan fingerprint density at radius 2 is 1.92 bits per heavy atom. The number of carbonyl (C=O) groups is 1. The highest BCUT2D eigenvalue weighted by Gasteiger charge is 2.23. The van der Waals surface area contributed by atoms with Gasteiger partial charge in [0.1, 0.15) is 5.01 Å². The minimum absolute atomic E-state index is 0. The van der Waals surface area contributed by atoms with Crippen molar-refractivity contribution in [2.45, 2.75) is 6.92 Å². The Morgan fingerprint density at radius 1 is 1.20 bits per heavy atom. The Balaban J connectivity index is 0.00000243. The molecule has 0 bridgehead atoms. The topological polar surface area (TPSA) is 89.1 Å². The van der Waals surface area contributed by atoms with E-state index >= 15 is 0 Å². The van der Waals surface area contributed by atoms with Crippen LogP contribution in [0.4, 0.5) is 5.69 Å². The number of nitrogens with zero attached hydrogens (tertiary/aromatic N) is 1. The molecule has 25 heavy (non-hydrogen) atoms. The molecule has 3 N–H and O–H groups in total. The first-order valence-electron chi connectivity index (χ1n) is 7.62. The summed E-state index contributed by atoms with van der Waals surface area (Å²) >= 11 is 1.28. The molecule has 0 radical (unpaired) electrons. The van der Waals surface area contributed by atoms with Gasteiger partial charge < -0.3 is 10.5 Å². The number of methoxy groups -OCH3 is 1. The molecule has 3 aromatic rings. The Morgan fingerprint density at radius 3 is 2.60 bits per heavy atom. The summed E-state index contributed by atoms with van der Waals surface area (Å²) in [5.74, 6) is -0.522. The first-order chi connectivity index (χ1) is 12.0. The van der Waals surface area contributed by atoms with Gasteiger partial charge in [-0.05, 0) is 18.1 Å². The summed E-state index contributed by atoms with van der Waals surface area (Å²) in [4.78, 5) is 17.2. The van der Waals surface area contributed by atoms with Gasteiger partial charge in [-0.15, -0.1) is 11.3 Å². The number of nitrogens with one attached hydrogen (secondary N) is 1. The molecule has 1 aromatic heterocycles. The Hall–Kier alpha value is -2.99.